The number of likely N-dealkylation sites (N-methyl/N-ethyl adjacent to an activating group) is 1. The van der Waals surface area contributed by atoms with Gasteiger partial charge in [-0.1, -0.05) is 19.1 Å². The van der Waals surface area contributed by atoms with Crippen molar-refractivity contribution in [3.63, 3.8) is 0 Å². The average Bonchev–Trinajstić information content (AvgIpc) is 2.22. The summed E-state index contributed by atoms with van der Waals surface area (Å²) in [6.07, 6.45) is 0.689. The Morgan fingerprint density at radius 3 is 2.62 bits per heavy atom. The predicted octanol–water partition coefficient (Wildman–Crippen LogP) is 0.461. The molecule has 1 fully saturated rings. The Hall–Kier alpha value is -0.680. The average molecular weight is 243 g/mol. The molecule has 5 heteroatoms. The van der Waals surface area contributed by atoms with Crippen LogP contribution in [-0.2, 0) is 4.79 Å². The fourth-order valence-corrected chi connectivity index (χ4v) is 2.23. The lowest BCUT2D eigenvalue weighted by molar-refractivity contribution is -0.136. The smallest absolute Gasteiger partial charge is 0.232 e. The first kappa shape index (κ1) is 13.4. The van der Waals surface area contributed by atoms with Gasteiger partial charge in [-0.3, -0.25) is 4.79 Å². The van der Waals surface area contributed by atoms with Crippen LogP contribution in [0.3, 0.4) is 0 Å². The number of amides is 1. The third-order valence-corrected chi connectivity index (χ3v) is 3.61. The highest BCUT2D eigenvalue weighted by molar-refractivity contribution is 7.80. The number of carbonyl (C=O) groups is 1. The first-order valence-electron chi connectivity index (χ1n) is 5.75. The van der Waals surface area contributed by atoms with Crippen molar-refractivity contribution in [1.82, 2.24) is 9.80 Å². The Morgan fingerprint density at radius 1 is 1.56 bits per heavy atom. The molecular weight excluding hydrogens is 222 g/mol. The summed E-state index contributed by atoms with van der Waals surface area (Å²) in [7, 11) is 2.08. The maximum absolute atomic E-state index is 12.2. The van der Waals surface area contributed by atoms with E-state index in [4.69, 9.17) is 18.0 Å². The fourth-order valence-electron chi connectivity index (χ4n) is 1.97. The second-order valence-electron chi connectivity index (χ2n) is 4.48. The molecule has 2 N–H and O–H groups in total. The van der Waals surface area contributed by atoms with E-state index in [0.29, 0.717) is 17.5 Å². The van der Waals surface area contributed by atoms with Gasteiger partial charge in [-0.15, -0.1) is 0 Å². The molecular formula is C11H21N3OS. The summed E-state index contributed by atoms with van der Waals surface area (Å²) in [4.78, 5) is 16.6. The van der Waals surface area contributed by atoms with Gasteiger partial charge < -0.3 is 15.5 Å². The van der Waals surface area contributed by atoms with E-state index in [1.807, 2.05) is 11.8 Å². The summed E-state index contributed by atoms with van der Waals surface area (Å²) < 4.78 is 0. The molecule has 92 valence electrons. The van der Waals surface area contributed by atoms with Crippen molar-refractivity contribution in [3.05, 3.63) is 0 Å². The van der Waals surface area contributed by atoms with Gasteiger partial charge >= 0.3 is 0 Å². The topological polar surface area (TPSA) is 49.6 Å². The van der Waals surface area contributed by atoms with Gasteiger partial charge in [0.05, 0.1) is 10.9 Å². The third kappa shape index (κ3) is 2.92. The van der Waals surface area contributed by atoms with E-state index in [1.165, 1.54) is 0 Å². The van der Waals surface area contributed by atoms with Gasteiger partial charge in [0.2, 0.25) is 5.91 Å². The lowest BCUT2D eigenvalue weighted by Gasteiger charge is -2.38. The zero-order valence-electron chi connectivity index (χ0n) is 10.3. The molecule has 0 bridgehead atoms. The van der Waals surface area contributed by atoms with Crippen molar-refractivity contribution in [2.45, 2.75) is 26.3 Å². The third-order valence-electron chi connectivity index (χ3n) is 3.32. The first-order valence-corrected chi connectivity index (χ1v) is 6.16. The van der Waals surface area contributed by atoms with Crippen LogP contribution in [0.25, 0.3) is 0 Å². The quantitative estimate of drug-likeness (QED) is 0.732. The van der Waals surface area contributed by atoms with Gasteiger partial charge in [-0.2, -0.15) is 0 Å². The highest BCUT2D eigenvalue weighted by atomic mass is 32.1. The second kappa shape index (κ2) is 5.59. The number of hydrogen-bond acceptors (Lipinski definition) is 3. The van der Waals surface area contributed by atoms with E-state index in [0.717, 1.165) is 19.6 Å². The molecule has 0 saturated carbocycles. The van der Waals surface area contributed by atoms with Crippen molar-refractivity contribution in [2.75, 3.05) is 26.7 Å². The Balaban J connectivity index is 2.64. The molecule has 0 radical (unpaired) electrons. The normalized spacial score (nSPS) is 24.2. The minimum absolute atomic E-state index is 0.0925. The molecule has 2 atom stereocenters. The van der Waals surface area contributed by atoms with E-state index in [2.05, 4.69) is 18.9 Å². The van der Waals surface area contributed by atoms with Crippen LogP contribution in [-0.4, -0.2) is 53.4 Å². The van der Waals surface area contributed by atoms with E-state index in [-0.39, 0.29) is 11.8 Å². The molecule has 1 aliphatic heterocycles. The van der Waals surface area contributed by atoms with E-state index < -0.39 is 0 Å². The lowest BCUT2D eigenvalue weighted by atomic mass is 10.0. The summed E-state index contributed by atoms with van der Waals surface area (Å²) in [6.45, 7) is 6.54. The molecule has 4 nitrogen and oxygen atoms in total. The summed E-state index contributed by atoms with van der Waals surface area (Å²) >= 11 is 4.93. The molecule has 0 aromatic carbocycles. The van der Waals surface area contributed by atoms with Gasteiger partial charge in [-0.25, -0.2) is 0 Å². The van der Waals surface area contributed by atoms with Gasteiger partial charge in [0.1, 0.15) is 0 Å². The van der Waals surface area contributed by atoms with Crippen molar-refractivity contribution in [1.29, 1.82) is 0 Å². The van der Waals surface area contributed by atoms with Crippen molar-refractivity contribution < 1.29 is 4.79 Å². The summed E-state index contributed by atoms with van der Waals surface area (Å²) in [5.41, 5.74) is 5.59. The first-order chi connectivity index (χ1) is 7.47. The summed E-state index contributed by atoms with van der Waals surface area (Å²) in [5.74, 6) is -0.194. The number of hydrogen-bond donors (Lipinski definition) is 1. The van der Waals surface area contributed by atoms with Crippen LogP contribution in [0.2, 0.25) is 0 Å². The van der Waals surface area contributed by atoms with Crippen molar-refractivity contribution in [3.8, 4) is 0 Å². The Bertz CT molecular complexity index is 282. The Morgan fingerprint density at radius 2 is 2.19 bits per heavy atom. The zero-order valence-corrected chi connectivity index (χ0v) is 11.1. The molecule has 0 aromatic heterocycles. The monoisotopic (exact) mass is 243 g/mol. The molecule has 1 aliphatic rings. The molecule has 16 heavy (non-hydrogen) atoms. The number of thiocarbonyl (C=S) groups is 1. The fraction of sp³-hybridized carbons (Fsp3) is 0.818. The van der Waals surface area contributed by atoms with Crippen LogP contribution in [0.5, 0.6) is 0 Å². The molecule has 1 heterocycles. The van der Waals surface area contributed by atoms with E-state index >= 15 is 0 Å². The largest absolute Gasteiger partial charge is 0.393 e. The van der Waals surface area contributed by atoms with Crippen LogP contribution in [0, 0.1) is 5.92 Å². The zero-order chi connectivity index (χ0) is 12.3. The van der Waals surface area contributed by atoms with Crippen molar-refractivity contribution >= 4 is 23.1 Å². The predicted molar refractivity (Wildman–Crippen MR) is 69.2 cm³/mol. The maximum Gasteiger partial charge on any atom is 0.232 e. The second-order valence-corrected chi connectivity index (χ2v) is 4.95. The van der Waals surface area contributed by atoms with Crippen LogP contribution >= 0.6 is 12.2 Å². The van der Waals surface area contributed by atoms with Gasteiger partial charge in [0.25, 0.3) is 0 Å². The molecule has 2 unspecified atom stereocenters. The van der Waals surface area contributed by atoms with E-state index in [1.54, 1.807) is 0 Å². The number of piperazine rings is 1. The minimum atomic E-state index is -0.286. The highest BCUT2D eigenvalue weighted by Crippen LogP contribution is 2.13. The van der Waals surface area contributed by atoms with Crippen LogP contribution in [0.15, 0.2) is 0 Å². The number of carbonyl (C=O) groups excluding carboxylic acids is 1. The van der Waals surface area contributed by atoms with Gasteiger partial charge in [0, 0.05) is 25.7 Å². The number of nitrogens with two attached hydrogens (primary N) is 1. The summed E-state index contributed by atoms with van der Waals surface area (Å²) in [6, 6.07) is 0.404. The molecule has 0 aromatic rings. The molecule has 1 amide bonds. The molecule has 1 rings (SSSR count). The SMILES string of the molecule is CCC(C(=O)N1CCN(C)C(C)C1)C(N)=S. The Kier molecular flexibility index (Phi) is 4.68. The number of nitrogens with zero attached hydrogens (tertiary/aromatic N) is 2. The Labute approximate surface area is 103 Å². The van der Waals surface area contributed by atoms with E-state index in [9.17, 15) is 4.79 Å². The summed E-state index contributed by atoms with van der Waals surface area (Å²) in [5, 5.41) is 0. The molecule has 1 saturated heterocycles. The van der Waals surface area contributed by atoms with Crippen LogP contribution in [0.1, 0.15) is 20.3 Å². The number of rotatable bonds is 3. The molecule has 0 spiro atoms. The maximum atomic E-state index is 12.2. The van der Waals surface area contributed by atoms with Crippen LogP contribution < -0.4 is 5.73 Å². The van der Waals surface area contributed by atoms with Crippen LogP contribution in [0.4, 0.5) is 0 Å². The highest BCUT2D eigenvalue weighted by Gasteiger charge is 2.29. The van der Waals surface area contributed by atoms with Gasteiger partial charge in [-0.05, 0) is 20.4 Å². The van der Waals surface area contributed by atoms with Gasteiger partial charge in [0.15, 0.2) is 0 Å². The lowest BCUT2D eigenvalue weighted by Crippen LogP contribution is -2.54. The molecule has 0 aliphatic carbocycles. The standard InChI is InChI=1S/C11H21N3OS/c1-4-9(10(12)16)11(15)14-6-5-13(3)8(2)7-14/h8-9H,4-7H2,1-3H3,(H2,12,16). The minimum Gasteiger partial charge on any atom is -0.393 e. The van der Waals surface area contributed by atoms with Crippen molar-refractivity contribution in [2.24, 2.45) is 11.7 Å².